The van der Waals surface area contributed by atoms with Crippen molar-refractivity contribution < 1.29 is 18.3 Å². The predicted octanol–water partition coefficient (Wildman–Crippen LogP) is 1.43. The number of fused-ring (bicyclic) bond motifs is 2. The molecule has 0 aromatic carbocycles. The molecule has 2 heterocycles. The van der Waals surface area contributed by atoms with Crippen LogP contribution in [-0.4, -0.2) is 40.4 Å². The summed E-state index contributed by atoms with van der Waals surface area (Å²) in [6.45, 7) is -0.927. The molecule has 1 N–H and O–H groups in total. The van der Waals surface area contributed by atoms with Crippen molar-refractivity contribution in [2.45, 2.75) is 49.5 Å². The van der Waals surface area contributed by atoms with Crippen LogP contribution in [0.5, 0.6) is 0 Å². The van der Waals surface area contributed by atoms with Crippen LogP contribution in [0.25, 0.3) is 0 Å². The zero-order valence-electron chi connectivity index (χ0n) is 8.67. The molecule has 0 saturated carbocycles. The van der Waals surface area contributed by atoms with Gasteiger partial charge in [-0.15, -0.1) is 0 Å². The molecule has 0 spiro atoms. The van der Waals surface area contributed by atoms with Gasteiger partial charge in [-0.1, -0.05) is 0 Å². The van der Waals surface area contributed by atoms with Crippen molar-refractivity contribution in [3.8, 4) is 6.07 Å². The highest BCUT2D eigenvalue weighted by Crippen LogP contribution is 2.41. The standard InChI is InChI=1S/C10H13F3N2O/c11-10(12,13)6-15-7-1-2-8(15)4-9(16,3-7)5-14/h7-8,16H,1-4,6H2. The number of aliphatic hydroxyl groups is 1. The van der Waals surface area contributed by atoms with Crippen LogP contribution in [0.3, 0.4) is 0 Å². The molecule has 2 unspecified atom stereocenters. The minimum Gasteiger partial charge on any atom is -0.375 e. The minimum absolute atomic E-state index is 0.135. The molecule has 2 saturated heterocycles. The molecule has 6 heteroatoms. The molecule has 0 radical (unpaired) electrons. The van der Waals surface area contributed by atoms with Crippen LogP contribution in [0, 0.1) is 11.3 Å². The molecule has 0 aliphatic carbocycles. The van der Waals surface area contributed by atoms with Gasteiger partial charge >= 0.3 is 6.18 Å². The minimum atomic E-state index is -4.21. The Morgan fingerprint density at radius 3 is 2.19 bits per heavy atom. The van der Waals surface area contributed by atoms with Gasteiger partial charge in [0.25, 0.3) is 0 Å². The molecule has 2 bridgehead atoms. The number of halogens is 3. The summed E-state index contributed by atoms with van der Waals surface area (Å²) in [4.78, 5) is 1.39. The second kappa shape index (κ2) is 3.60. The van der Waals surface area contributed by atoms with Crippen molar-refractivity contribution in [1.29, 1.82) is 5.26 Å². The summed E-state index contributed by atoms with van der Waals surface area (Å²) in [5, 5.41) is 18.6. The first-order valence-electron chi connectivity index (χ1n) is 5.29. The van der Waals surface area contributed by atoms with E-state index in [-0.39, 0.29) is 24.9 Å². The average molecular weight is 234 g/mol. The van der Waals surface area contributed by atoms with Crippen LogP contribution in [0.4, 0.5) is 13.2 Å². The van der Waals surface area contributed by atoms with Crippen molar-refractivity contribution >= 4 is 0 Å². The number of hydrogen-bond donors (Lipinski definition) is 1. The molecule has 16 heavy (non-hydrogen) atoms. The lowest BCUT2D eigenvalue weighted by Crippen LogP contribution is -2.52. The molecule has 2 aliphatic heterocycles. The average Bonchev–Trinajstić information content (AvgIpc) is 2.42. The lowest BCUT2D eigenvalue weighted by atomic mass is 9.87. The van der Waals surface area contributed by atoms with Crippen LogP contribution < -0.4 is 0 Å². The van der Waals surface area contributed by atoms with Crippen LogP contribution in [0.1, 0.15) is 25.7 Å². The Hall–Kier alpha value is -0.800. The fraction of sp³-hybridized carbons (Fsp3) is 0.900. The van der Waals surface area contributed by atoms with E-state index >= 15 is 0 Å². The van der Waals surface area contributed by atoms with E-state index in [0.717, 1.165) is 0 Å². The summed E-state index contributed by atoms with van der Waals surface area (Å²) in [6, 6.07) is 1.21. The third-order valence-electron chi connectivity index (χ3n) is 3.49. The molecule has 90 valence electrons. The summed E-state index contributed by atoms with van der Waals surface area (Å²) in [5.41, 5.74) is -1.42. The van der Waals surface area contributed by atoms with Crippen molar-refractivity contribution in [2.75, 3.05) is 6.54 Å². The van der Waals surface area contributed by atoms with E-state index in [0.29, 0.717) is 12.8 Å². The fourth-order valence-corrected chi connectivity index (χ4v) is 2.87. The van der Waals surface area contributed by atoms with Crippen molar-refractivity contribution in [2.24, 2.45) is 0 Å². The number of nitrogens with zero attached hydrogens (tertiary/aromatic N) is 2. The number of nitriles is 1. The maximum atomic E-state index is 12.3. The number of rotatable bonds is 1. The van der Waals surface area contributed by atoms with Crippen LogP contribution in [0.15, 0.2) is 0 Å². The van der Waals surface area contributed by atoms with Gasteiger partial charge in [0.05, 0.1) is 12.6 Å². The Morgan fingerprint density at radius 1 is 1.31 bits per heavy atom. The summed E-state index contributed by atoms with van der Waals surface area (Å²) in [7, 11) is 0. The maximum absolute atomic E-state index is 12.3. The summed E-state index contributed by atoms with van der Waals surface area (Å²) in [6.07, 6.45) is -2.65. The highest BCUT2D eigenvalue weighted by atomic mass is 19.4. The number of alkyl halides is 3. The smallest absolute Gasteiger partial charge is 0.375 e. The lowest BCUT2D eigenvalue weighted by molar-refractivity contribution is -0.161. The monoisotopic (exact) mass is 234 g/mol. The zero-order chi connectivity index (χ0) is 12.0. The Morgan fingerprint density at radius 2 is 1.81 bits per heavy atom. The fourth-order valence-electron chi connectivity index (χ4n) is 2.87. The van der Waals surface area contributed by atoms with Crippen LogP contribution in [0.2, 0.25) is 0 Å². The molecule has 2 rings (SSSR count). The van der Waals surface area contributed by atoms with Crippen LogP contribution in [-0.2, 0) is 0 Å². The van der Waals surface area contributed by atoms with Gasteiger partial charge < -0.3 is 5.11 Å². The Labute approximate surface area is 91.5 Å². The van der Waals surface area contributed by atoms with Crippen molar-refractivity contribution in [1.82, 2.24) is 4.90 Å². The van der Waals surface area contributed by atoms with Crippen molar-refractivity contribution in [3.05, 3.63) is 0 Å². The molecule has 2 fully saturated rings. The summed E-state index contributed by atoms with van der Waals surface area (Å²) < 4.78 is 37.0. The third-order valence-corrected chi connectivity index (χ3v) is 3.49. The van der Waals surface area contributed by atoms with E-state index in [9.17, 15) is 18.3 Å². The molecule has 0 aromatic rings. The van der Waals surface area contributed by atoms with E-state index in [1.165, 1.54) is 4.90 Å². The van der Waals surface area contributed by atoms with Gasteiger partial charge in [0, 0.05) is 24.9 Å². The number of hydrogen-bond acceptors (Lipinski definition) is 3. The van der Waals surface area contributed by atoms with Gasteiger partial charge in [0.15, 0.2) is 5.60 Å². The highest BCUT2D eigenvalue weighted by molar-refractivity contribution is 5.11. The van der Waals surface area contributed by atoms with Gasteiger partial charge in [0.1, 0.15) is 0 Å². The first-order chi connectivity index (χ1) is 7.33. The van der Waals surface area contributed by atoms with E-state index in [2.05, 4.69) is 0 Å². The molecule has 2 atom stereocenters. The molecule has 0 amide bonds. The largest absolute Gasteiger partial charge is 0.401 e. The van der Waals surface area contributed by atoms with E-state index in [4.69, 9.17) is 5.26 Å². The predicted molar refractivity (Wildman–Crippen MR) is 49.4 cm³/mol. The Balaban J connectivity index is 2.09. The van der Waals surface area contributed by atoms with Gasteiger partial charge in [-0.05, 0) is 12.8 Å². The highest BCUT2D eigenvalue weighted by Gasteiger charge is 2.50. The van der Waals surface area contributed by atoms with Crippen molar-refractivity contribution in [3.63, 3.8) is 0 Å². The quantitative estimate of drug-likeness (QED) is 0.698. The zero-order valence-corrected chi connectivity index (χ0v) is 8.67. The van der Waals surface area contributed by atoms with Gasteiger partial charge in [-0.25, -0.2) is 0 Å². The van der Waals surface area contributed by atoms with Gasteiger partial charge in [0.2, 0.25) is 0 Å². The second-order valence-electron chi connectivity index (χ2n) is 4.72. The summed E-state index contributed by atoms with van der Waals surface area (Å²) >= 11 is 0. The molecule has 0 aromatic heterocycles. The SMILES string of the molecule is N#CC1(O)CC2CCC(C1)N2CC(F)(F)F. The third kappa shape index (κ3) is 2.15. The molecule has 3 nitrogen and oxygen atoms in total. The normalized spacial score (nSPS) is 39.7. The second-order valence-corrected chi connectivity index (χ2v) is 4.72. The first kappa shape index (κ1) is 11.7. The first-order valence-corrected chi connectivity index (χ1v) is 5.29. The molecule has 2 aliphatic rings. The van der Waals surface area contributed by atoms with Crippen LogP contribution >= 0.6 is 0 Å². The van der Waals surface area contributed by atoms with E-state index in [1.807, 2.05) is 6.07 Å². The molecular weight excluding hydrogens is 221 g/mol. The van der Waals surface area contributed by atoms with E-state index < -0.39 is 18.3 Å². The maximum Gasteiger partial charge on any atom is 0.401 e. The Bertz CT molecular complexity index is 309. The number of piperidine rings is 1. The Kier molecular flexibility index (Phi) is 2.63. The summed E-state index contributed by atoms with van der Waals surface area (Å²) in [5.74, 6) is 0. The lowest BCUT2D eigenvalue weighted by Gasteiger charge is -2.40. The van der Waals surface area contributed by atoms with Gasteiger partial charge in [-0.2, -0.15) is 18.4 Å². The van der Waals surface area contributed by atoms with E-state index in [1.54, 1.807) is 0 Å². The molecular formula is C10H13F3N2O. The van der Waals surface area contributed by atoms with Gasteiger partial charge in [-0.3, -0.25) is 4.90 Å². The topological polar surface area (TPSA) is 47.3 Å².